The van der Waals surface area contributed by atoms with Gasteiger partial charge in [0, 0.05) is 7.05 Å². The molecule has 0 aromatic carbocycles. The predicted octanol–water partition coefficient (Wildman–Crippen LogP) is 0.0732. The van der Waals surface area contributed by atoms with Gasteiger partial charge in [0.15, 0.2) is 5.92 Å². The lowest BCUT2D eigenvalue weighted by atomic mass is 10.0. The van der Waals surface area contributed by atoms with Gasteiger partial charge in [-0.1, -0.05) is 0 Å². The number of amides is 1. The zero-order valence-electron chi connectivity index (χ0n) is 8.67. The first kappa shape index (κ1) is 12.8. The van der Waals surface area contributed by atoms with Crippen LogP contribution in [0.2, 0.25) is 0 Å². The van der Waals surface area contributed by atoms with Gasteiger partial charge in [-0.3, -0.25) is 14.6 Å². The fraction of sp³-hybridized carbons (Fsp3) is 0.750. The summed E-state index contributed by atoms with van der Waals surface area (Å²) < 4.78 is 42.0. The second-order valence-electron chi connectivity index (χ2n) is 3.28. The Morgan fingerprint density at radius 2 is 2.12 bits per heavy atom. The van der Waals surface area contributed by atoms with Gasteiger partial charge in [0.05, 0.1) is 6.61 Å². The van der Waals surface area contributed by atoms with Crippen LogP contribution in [0.25, 0.3) is 0 Å². The van der Waals surface area contributed by atoms with Crippen LogP contribution in [-0.2, 0) is 14.3 Å². The third-order valence-corrected chi connectivity index (χ3v) is 2.16. The molecular formula is C8H11F3N2O3. The van der Waals surface area contributed by atoms with Crippen molar-refractivity contribution in [3.8, 4) is 0 Å². The quantitative estimate of drug-likeness (QED) is 0.548. The Bertz CT molecular complexity index is 305. The lowest BCUT2D eigenvalue weighted by Crippen LogP contribution is -2.46. The van der Waals surface area contributed by atoms with Crippen molar-refractivity contribution in [3.05, 3.63) is 0 Å². The fourth-order valence-electron chi connectivity index (χ4n) is 1.43. The molecule has 1 amide bonds. The Labute approximate surface area is 89.5 Å². The largest absolute Gasteiger partial charge is 0.465 e. The van der Waals surface area contributed by atoms with E-state index in [1.807, 2.05) is 5.43 Å². The highest BCUT2D eigenvalue weighted by Gasteiger charge is 2.57. The van der Waals surface area contributed by atoms with Crippen molar-refractivity contribution in [1.29, 1.82) is 0 Å². The number of esters is 1. The van der Waals surface area contributed by atoms with Crippen LogP contribution < -0.4 is 5.43 Å². The molecule has 1 heterocycles. The maximum atomic E-state index is 12.5. The maximum Gasteiger partial charge on any atom is 0.406 e. The number of hydrazine groups is 1. The van der Waals surface area contributed by atoms with E-state index >= 15 is 0 Å². The number of carbonyl (C=O) groups excluding carboxylic acids is 2. The minimum Gasteiger partial charge on any atom is -0.465 e. The molecular weight excluding hydrogens is 229 g/mol. The van der Waals surface area contributed by atoms with E-state index in [1.165, 1.54) is 6.92 Å². The van der Waals surface area contributed by atoms with Crippen LogP contribution in [0.3, 0.4) is 0 Å². The van der Waals surface area contributed by atoms with E-state index in [4.69, 9.17) is 0 Å². The van der Waals surface area contributed by atoms with Crippen molar-refractivity contribution in [2.24, 2.45) is 5.92 Å². The maximum absolute atomic E-state index is 12.5. The Morgan fingerprint density at radius 1 is 1.56 bits per heavy atom. The Morgan fingerprint density at radius 3 is 2.56 bits per heavy atom. The molecule has 1 saturated heterocycles. The monoisotopic (exact) mass is 240 g/mol. The number of halogens is 3. The molecule has 0 aromatic heterocycles. The predicted molar refractivity (Wildman–Crippen MR) is 45.9 cm³/mol. The van der Waals surface area contributed by atoms with Crippen molar-refractivity contribution in [2.45, 2.75) is 19.1 Å². The van der Waals surface area contributed by atoms with E-state index in [9.17, 15) is 22.8 Å². The van der Waals surface area contributed by atoms with Gasteiger partial charge in [-0.15, -0.1) is 0 Å². The minimum absolute atomic E-state index is 0.0725. The Kier molecular flexibility index (Phi) is 3.41. The van der Waals surface area contributed by atoms with Gasteiger partial charge in [0.2, 0.25) is 0 Å². The summed E-state index contributed by atoms with van der Waals surface area (Å²) >= 11 is 0. The fourth-order valence-corrected chi connectivity index (χ4v) is 1.43. The van der Waals surface area contributed by atoms with Crippen LogP contribution >= 0.6 is 0 Å². The molecule has 2 atom stereocenters. The number of carbonyl (C=O) groups is 2. The van der Waals surface area contributed by atoms with Crippen molar-refractivity contribution >= 4 is 11.9 Å². The van der Waals surface area contributed by atoms with Gasteiger partial charge in [0.25, 0.3) is 5.91 Å². The first-order valence-electron chi connectivity index (χ1n) is 4.56. The standard InChI is InChI=1S/C8H11F3N2O3/c1-3-16-7(15)4-5(8(9,10)11)12-13(2)6(4)14/h4-5,12H,3H2,1-2H3. The number of hydrogen-bond acceptors (Lipinski definition) is 4. The summed E-state index contributed by atoms with van der Waals surface area (Å²) in [6.45, 7) is 1.38. The third kappa shape index (κ3) is 2.26. The molecule has 1 aliphatic heterocycles. The Hall–Kier alpha value is -1.31. The van der Waals surface area contributed by atoms with Gasteiger partial charge in [-0.25, -0.2) is 5.43 Å². The van der Waals surface area contributed by atoms with Crippen LogP contribution in [-0.4, -0.2) is 42.8 Å². The summed E-state index contributed by atoms with van der Waals surface area (Å²) in [5.74, 6) is -3.96. The lowest BCUT2D eigenvalue weighted by Gasteiger charge is -2.18. The zero-order valence-corrected chi connectivity index (χ0v) is 8.67. The first-order chi connectivity index (χ1) is 7.29. The van der Waals surface area contributed by atoms with E-state index in [1.54, 1.807) is 0 Å². The van der Waals surface area contributed by atoms with Crippen molar-refractivity contribution < 1.29 is 27.5 Å². The highest BCUT2D eigenvalue weighted by molar-refractivity contribution is 5.99. The number of hydrogen-bond donors (Lipinski definition) is 1. The molecule has 0 radical (unpaired) electrons. The van der Waals surface area contributed by atoms with Gasteiger partial charge >= 0.3 is 12.1 Å². The molecule has 5 nitrogen and oxygen atoms in total. The van der Waals surface area contributed by atoms with Crippen LogP contribution in [0.4, 0.5) is 13.2 Å². The molecule has 0 spiro atoms. The summed E-state index contributed by atoms with van der Waals surface area (Å²) in [5, 5.41) is 0.653. The second kappa shape index (κ2) is 4.28. The van der Waals surface area contributed by atoms with Gasteiger partial charge in [-0.05, 0) is 6.92 Å². The molecule has 1 fully saturated rings. The summed E-state index contributed by atoms with van der Waals surface area (Å²) in [4.78, 5) is 22.6. The topological polar surface area (TPSA) is 58.6 Å². The van der Waals surface area contributed by atoms with E-state index in [0.29, 0.717) is 5.01 Å². The number of ether oxygens (including phenoxy) is 1. The molecule has 2 unspecified atom stereocenters. The van der Waals surface area contributed by atoms with Crippen molar-refractivity contribution in [1.82, 2.24) is 10.4 Å². The van der Waals surface area contributed by atoms with Crippen molar-refractivity contribution in [3.63, 3.8) is 0 Å². The number of nitrogens with one attached hydrogen (secondary N) is 1. The summed E-state index contributed by atoms with van der Waals surface area (Å²) in [6, 6.07) is -2.22. The normalized spacial score (nSPS) is 26.1. The average Bonchev–Trinajstić information content (AvgIpc) is 2.43. The summed E-state index contributed by atoms with van der Waals surface area (Å²) in [6.07, 6.45) is -4.68. The second-order valence-corrected chi connectivity index (χ2v) is 3.28. The molecule has 0 saturated carbocycles. The van der Waals surface area contributed by atoms with Crippen LogP contribution in [0.1, 0.15) is 6.92 Å². The molecule has 8 heteroatoms. The molecule has 0 bridgehead atoms. The zero-order chi connectivity index (χ0) is 12.5. The van der Waals surface area contributed by atoms with E-state index < -0.39 is 30.0 Å². The number of alkyl halides is 3. The number of nitrogens with zero attached hydrogens (tertiary/aromatic N) is 1. The average molecular weight is 240 g/mol. The number of rotatable bonds is 2. The molecule has 16 heavy (non-hydrogen) atoms. The molecule has 0 aromatic rings. The lowest BCUT2D eigenvalue weighted by molar-refractivity contribution is -0.177. The molecule has 92 valence electrons. The van der Waals surface area contributed by atoms with Crippen LogP contribution in [0.15, 0.2) is 0 Å². The molecule has 1 rings (SSSR count). The Balaban J connectivity index is 2.92. The highest BCUT2D eigenvalue weighted by atomic mass is 19.4. The summed E-state index contributed by atoms with van der Waals surface area (Å²) in [5.41, 5.74) is 1.89. The smallest absolute Gasteiger partial charge is 0.406 e. The molecule has 1 aliphatic rings. The first-order valence-corrected chi connectivity index (χ1v) is 4.56. The summed E-state index contributed by atoms with van der Waals surface area (Å²) in [7, 11) is 1.13. The SMILES string of the molecule is CCOC(=O)C1C(=O)N(C)NC1C(F)(F)F. The third-order valence-electron chi connectivity index (χ3n) is 2.16. The van der Waals surface area contributed by atoms with Crippen LogP contribution in [0.5, 0.6) is 0 Å². The highest BCUT2D eigenvalue weighted by Crippen LogP contribution is 2.31. The minimum atomic E-state index is -4.68. The van der Waals surface area contributed by atoms with Gasteiger partial charge in [-0.2, -0.15) is 13.2 Å². The van der Waals surface area contributed by atoms with Crippen molar-refractivity contribution in [2.75, 3.05) is 13.7 Å². The van der Waals surface area contributed by atoms with E-state index in [-0.39, 0.29) is 6.61 Å². The van der Waals surface area contributed by atoms with Gasteiger partial charge < -0.3 is 4.74 Å². The van der Waals surface area contributed by atoms with Gasteiger partial charge in [0.1, 0.15) is 6.04 Å². The van der Waals surface area contributed by atoms with E-state index in [0.717, 1.165) is 7.05 Å². The molecule has 0 aliphatic carbocycles. The van der Waals surface area contributed by atoms with Crippen LogP contribution in [0, 0.1) is 5.92 Å². The van der Waals surface area contributed by atoms with E-state index in [2.05, 4.69) is 4.74 Å². The molecule has 1 N–H and O–H groups in total.